The minimum Gasteiger partial charge on any atom is -0.394 e. The molecule has 4 heteroatoms. The van der Waals surface area contributed by atoms with Crippen LogP contribution >= 0.6 is 22.9 Å². The van der Waals surface area contributed by atoms with Crippen molar-refractivity contribution in [3.8, 4) is 0 Å². The van der Waals surface area contributed by atoms with Gasteiger partial charge in [-0.05, 0) is 19.4 Å². The van der Waals surface area contributed by atoms with Crippen molar-refractivity contribution in [3.63, 3.8) is 0 Å². The summed E-state index contributed by atoms with van der Waals surface area (Å²) in [4.78, 5) is 2.05. The van der Waals surface area contributed by atoms with Crippen LogP contribution in [0.5, 0.6) is 0 Å². The normalized spacial score (nSPS) is 13.4. The molecule has 0 aliphatic carbocycles. The molecule has 2 nitrogen and oxygen atoms in total. The molecule has 0 fully saturated rings. The standard InChI is InChI=1S/C8H12ClNOS/c1-4-7(9)5(2)12-8(4)6(10)3-11/h6,11H,3,10H2,1-2H3. The van der Waals surface area contributed by atoms with Gasteiger partial charge in [-0.15, -0.1) is 11.3 Å². The monoisotopic (exact) mass is 205 g/mol. The highest BCUT2D eigenvalue weighted by Gasteiger charge is 2.15. The Labute approximate surface area is 81.0 Å². The summed E-state index contributed by atoms with van der Waals surface area (Å²) >= 11 is 7.53. The van der Waals surface area contributed by atoms with E-state index in [-0.39, 0.29) is 12.6 Å². The first-order chi connectivity index (χ1) is 5.57. The average molecular weight is 206 g/mol. The van der Waals surface area contributed by atoms with E-state index >= 15 is 0 Å². The van der Waals surface area contributed by atoms with E-state index in [9.17, 15) is 0 Å². The first-order valence-electron chi connectivity index (χ1n) is 3.69. The topological polar surface area (TPSA) is 46.2 Å². The fourth-order valence-corrected chi connectivity index (χ4v) is 2.42. The van der Waals surface area contributed by atoms with E-state index in [0.29, 0.717) is 0 Å². The van der Waals surface area contributed by atoms with Gasteiger partial charge in [0.1, 0.15) is 0 Å². The quantitative estimate of drug-likeness (QED) is 0.776. The largest absolute Gasteiger partial charge is 0.394 e. The van der Waals surface area contributed by atoms with Crippen LogP contribution in [-0.2, 0) is 0 Å². The number of halogens is 1. The predicted octanol–water partition coefficient (Wildman–Crippen LogP) is 2.01. The number of hydrogen-bond acceptors (Lipinski definition) is 3. The Morgan fingerprint density at radius 2 is 2.17 bits per heavy atom. The van der Waals surface area contributed by atoms with Crippen LogP contribution in [0.1, 0.15) is 21.4 Å². The van der Waals surface area contributed by atoms with Crippen molar-refractivity contribution in [2.24, 2.45) is 5.73 Å². The molecule has 0 spiro atoms. The summed E-state index contributed by atoms with van der Waals surface area (Å²) in [6.07, 6.45) is 0. The highest BCUT2D eigenvalue weighted by Crippen LogP contribution is 2.34. The number of rotatable bonds is 2. The average Bonchev–Trinajstić information content (AvgIpc) is 2.32. The number of aliphatic hydroxyl groups is 1. The molecule has 1 atom stereocenters. The Morgan fingerprint density at radius 1 is 1.58 bits per heavy atom. The first kappa shape index (κ1) is 9.99. The van der Waals surface area contributed by atoms with Crippen molar-refractivity contribution in [3.05, 3.63) is 20.3 Å². The predicted molar refractivity (Wildman–Crippen MR) is 52.8 cm³/mol. The second-order valence-electron chi connectivity index (χ2n) is 2.75. The van der Waals surface area contributed by atoms with Gasteiger partial charge in [-0.2, -0.15) is 0 Å². The van der Waals surface area contributed by atoms with E-state index in [2.05, 4.69) is 0 Å². The molecule has 68 valence electrons. The Hall–Kier alpha value is -0.0900. The number of aliphatic hydroxyl groups excluding tert-OH is 1. The number of aryl methyl sites for hydroxylation is 1. The number of hydrogen-bond donors (Lipinski definition) is 2. The lowest BCUT2D eigenvalue weighted by Crippen LogP contribution is -2.13. The SMILES string of the molecule is Cc1sc(C(N)CO)c(C)c1Cl. The van der Waals surface area contributed by atoms with E-state index < -0.39 is 0 Å². The van der Waals surface area contributed by atoms with Crippen molar-refractivity contribution in [2.75, 3.05) is 6.61 Å². The van der Waals surface area contributed by atoms with Gasteiger partial charge < -0.3 is 10.8 Å². The van der Waals surface area contributed by atoms with Crippen LogP contribution in [0.2, 0.25) is 5.02 Å². The van der Waals surface area contributed by atoms with Crippen LogP contribution in [0.25, 0.3) is 0 Å². The van der Waals surface area contributed by atoms with Gasteiger partial charge in [0.05, 0.1) is 17.7 Å². The maximum Gasteiger partial charge on any atom is 0.0632 e. The third-order valence-electron chi connectivity index (χ3n) is 1.80. The van der Waals surface area contributed by atoms with Gasteiger partial charge in [-0.25, -0.2) is 0 Å². The zero-order valence-electron chi connectivity index (χ0n) is 7.10. The zero-order valence-corrected chi connectivity index (χ0v) is 8.67. The second-order valence-corrected chi connectivity index (χ2v) is 4.38. The molecule has 12 heavy (non-hydrogen) atoms. The molecule has 0 aliphatic rings. The van der Waals surface area contributed by atoms with E-state index in [1.807, 2.05) is 13.8 Å². The summed E-state index contributed by atoms with van der Waals surface area (Å²) in [7, 11) is 0. The highest BCUT2D eigenvalue weighted by atomic mass is 35.5. The molecule has 0 aliphatic heterocycles. The summed E-state index contributed by atoms with van der Waals surface area (Å²) in [5.74, 6) is 0. The number of nitrogens with two attached hydrogens (primary N) is 1. The van der Waals surface area contributed by atoms with Gasteiger partial charge in [0.25, 0.3) is 0 Å². The van der Waals surface area contributed by atoms with Crippen LogP contribution < -0.4 is 5.73 Å². The summed E-state index contributed by atoms with van der Waals surface area (Å²) < 4.78 is 0. The molecule has 0 saturated heterocycles. The molecule has 0 aromatic carbocycles. The molecular weight excluding hydrogens is 194 g/mol. The molecule has 0 bridgehead atoms. The highest BCUT2D eigenvalue weighted by molar-refractivity contribution is 7.12. The molecule has 1 aromatic rings. The summed E-state index contributed by atoms with van der Waals surface area (Å²) in [5, 5.41) is 9.63. The summed E-state index contributed by atoms with van der Waals surface area (Å²) in [6.45, 7) is 3.85. The first-order valence-corrected chi connectivity index (χ1v) is 4.89. The Kier molecular flexibility index (Phi) is 3.12. The summed E-state index contributed by atoms with van der Waals surface area (Å²) in [5.41, 5.74) is 6.68. The lowest BCUT2D eigenvalue weighted by atomic mass is 10.2. The Balaban J connectivity index is 3.08. The Morgan fingerprint density at radius 3 is 2.50 bits per heavy atom. The minimum absolute atomic E-state index is 0.0306. The van der Waals surface area contributed by atoms with Crippen LogP contribution in [-0.4, -0.2) is 11.7 Å². The van der Waals surface area contributed by atoms with Gasteiger partial charge in [0.2, 0.25) is 0 Å². The Bertz CT molecular complexity index is 285. The maximum absolute atomic E-state index is 8.85. The molecular formula is C8H12ClNOS. The van der Waals surface area contributed by atoms with Crippen LogP contribution in [0.3, 0.4) is 0 Å². The third-order valence-corrected chi connectivity index (χ3v) is 3.82. The third kappa shape index (κ3) is 1.64. The van der Waals surface area contributed by atoms with Gasteiger partial charge in [-0.1, -0.05) is 11.6 Å². The van der Waals surface area contributed by atoms with Crippen LogP contribution in [0.4, 0.5) is 0 Å². The maximum atomic E-state index is 8.85. The number of thiophene rings is 1. The van der Waals surface area contributed by atoms with E-state index in [1.165, 1.54) is 0 Å². The minimum atomic E-state index is -0.291. The molecule has 0 saturated carbocycles. The summed E-state index contributed by atoms with van der Waals surface area (Å²) in [6, 6.07) is -0.291. The fourth-order valence-electron chi connectivity index (χ4n) is 1.10. The molecule has 1 aromatic heterocycles. The van der Waals surface area contributed by atoms with Crippen molar-refractivity contribution in [2.45, 2.75) is 19.9 Å². The van der Waals surface area contributed by atoms with Gasteiger partial charge >= 0.3 is 0 Å². The zero-order chi connectivity index (χ0) is 9.30. The molecule has 1 rings (SSSR count). The van der Waals surface area contributed by atoms with Crippen molar-refractivity contribution in [1.29, 1.82) is 0 Å². The lowest BCUT2D eigenvalue weighted by Gasteiger charge is -2.05. The van der Waals surface area contributed by atoms with Crippen LogP contribution in [0.15, 0.2) is 0 Å². The van der Waals surface area contributed by atoms with E-state index in [1.54, 1.807) is 11.3 Å². The molecule has 1 heterocycles. The van der Waals surface area contributed by atoms with E-state index in [4.69, 9.17) is 22.4 Å². The van der Waals surface area contributed by atoms with E-state index in [0.717, 1.165) is 20.3 Å². The second kappa shape index (κ2) is 3.75. The smallest absolute Gasteiger partial charge is 0.0632 e. The van der Waals surface area contributed by atoms with Gasteiger partial charge in [-0.3, -0.25) is 0 Å². The molecule has 1 unspecified atom stereocenters. The van der Waals surface area contributed by atoms with Crippen LogP contribution in [0, 0.1) is 13.8 Å². The van der Waals surface area contributed by atoms with Gasteiger partial charge in [0, 0.05) is 9.75 Å². The molecule has 3 N–H and O–H groups in total. The van der Waals surface area contributed by atoms with Crippen molar-refractivity contribution >= 4 is 22.9 Å². The van der Waals surface area contributed by atoms with Crippen molar-refractivity contribution < 1.29 is 5.11 Å². The fraction of sp³-hybridized carbons (Fsp3) is 0.500. The molecule has 0 amide bonds. The lowest BCUT2D eigenvalue weighted by molar-refractivity contribution is 0.269. The molecule has 0 radical (unpaired) electrons. The van der Waals surface area contributed by atoms with Gasteiger partial charge in [0.15, 0.2) is 0 Å². The van der Waals surface area contributed by atoms with Crippen molar-refractivity contribution in [1.82, 2.24) is 0 Å².